The van der Waals surface area contributed by atoms with Crippen LogP contribution in [0.15, 0.2) is 10.6 Å². The van der Waals surface area contributed by atoms with Crippen molar-refractivity contribution >= 4 is 29.4 Å². The number of aryl methyl sites for hydroxylation is 1. The highest BCUT2D eigenvalue weighted by Crippen LogP contribution is 2.64. The average Bonchev–Trinajstić information content (AvgIpc) is 2.89. The Morgan fingerprint density at radius 1 is 1.36 bits per heavy atom. The minimum absolute atomic E-state index is 0.250. The summed E-state index contributed by atoms with van der Waals surface area (Å²) >= 11 is 6.77. The van der Waals surface area contributed by atoms with Crippen molar-refractivity contribution in [3.8, 4) is 0 Å². The lowest BCUT2D eigenvalue weighted by atomic mass is 9.49. The zero-order chi connectivity index (χ0) is 17.8. The SMILES string of the molecule is Cc1cc(NC(=O)[C@H](C)OC(=O)C23C[C@H]4C[C@@H](CC(Cl)(C4)C2)C3)on1. The largest absolute Gasteiger partial charge is 0.452 e. The molecule has 1 aromatic rings. The number of anilines is 1. The van der Waals surface area contributed by atoms with Gasteiger partial charge in [-0.05, 0) is 64.2 Å². The fraction of sp³-hybridized carbons (Fsp3) is 0.722. The van der Waals surface area contributed by atoms with Crippen molar-refractivity contribution in [2.45, 2.75) is 63.4 Å². The molecule has 0 aromatic carbocycles. The molecule has 4 aliphatic carbocycles. The minimum atomic E-state index is -0.891. The molecule has 4 fully saturated rings. The molecular formula is C18H23ClN2O4. The van der Waals surface area contributed by atoms with Crippen LogP contribution in [0.2, 0.25) is 0 Å². The van der Waals surface area contributed by atoms with E-state index in [1.807, 2.05) is 0 Å². The van der Waals surface area contributed by atoms with Gasteiger partial charge in [0.15, 0.2) is 6.10 Å². The van der Waals surface area contributed by atoms with E-state index in [1.54, 1.807) is 19.9 Å². The first kappa shape index (κ1) is 16.9. The van der Waals surface area contributed by atoms with Crippen LogP contribution in [-0.2, 0) is 14.3 Å². The number of hydrogen-bond acceptors (Lipinski definition) is 5. The van der Waals surface area contributed by atoms with Gasteiger partial charge in [-0.1, -0.05) is 5.16 Å². The maximum Gasteiger partial charge on any atom is 0.312 e. The molecule has 0 unspecified atom stereocenters. The lowest BCUT2D eigenvalue weighted by Gasteiger charge is -2.58. The van der Waals surface area contributed by atoms with E-state index in [4.69, 9.17) is 20.9 Å². The van der Waals surface area contributed by atoms with E-state index in [0.717, 1.165) is 25.7 Å². The third-order valence-electron chi connectivity index (χ3n) is 5.95. The van der Waals surface area contributed by atoms with E-state index in [1.165, 1.54) is 6.42 Å². The smallest absolute Gasteiger partial charge is 0.312 e. The highest BCUT2D eigenvalue weighted by atomic mass is 35.5. The zero-order valence-corrected chi connectivity index (χ0v) is 15.3. The summed E-state index contributed by atoms with van der Waals surface area (Å²) < 4.78 is 10.5. The van der Waals surface area contributed by atoms with Crippen molar-refractivity contribution in [2.75, 3.05) is 5.32 Å². The third-order valence-corrected chi connectivity index (χ3v) is 6.39. The molecule has 4 aliphatic rings. The number of esters is 1. The molecule has 1 aromatic heterocycles. The fourth-order valence-electron chi connectivity index (χ4n) is 5.37. The van der Waals surface area contributed by atoms with Crippen LogP contribution in [0.1, 0.15) is 51.1 Å². The molecule has 0 saturated heterocycles. The number of nitrogens with zero attached hydrogens (tertiary/aromatic N) is 1. The molecule has 1 heterocycles. The molecule has 25 heavy (non-hydrogen) atoms. The summed E-state index contributed by atoms with van der Waals surface area (Å²) in [7, 11) is 0. The number of hydrogen-bond donors (Lipinski definition) is 1. The van der Waals surface area contributed by atoms with Crippen molar-refractivity contribution in [3.63, 3.8) is 0 Å². The van der Waals surface area contributed by atoms with Crippen molar-refractivity contribution < 1.29 is 18.8 Å². The van der Waals surface area contributed by atoms with Crippen LogP contribution in [0.5, 0.6) is 0 Å². The third kappa shape index (κ3) is 3.05. The standard InChI is InChI=1S/C18H23ClN2O4/c1-10-3-14(25-21-10)20-15(22)11(2)24-16(23)17-5-12-4-13(6-17)8-18(19,7-12)9-17/h3,11-13H,4-9H2,1-2H3,(H,20,22)/t11-,12+,13+,17?,18?/m0/s1. The maximum absolute atomic E-state index is 12.9. The number of rotatable bonds is 4. The summed E-state index contributed by atoms with van der Waals surface area (Å²) in [5.74, 6) is 0.568. The highest BCUT2D eigenvalue weighted by Gasteiger charge is 2.61. The Morgan fingerprint density at radius 2 is 2.04 bits per heavy atom. The number of carbonyl (C=O) groups excluding carboxylic acids is 2. The number of ether oxygens (including phenoxy) is 1. The van der Waals surface area contributed by atoms with E-state index in [0.29, 0.717) is 24.0 Å². The van der Waals surface area contributed by atoms with Crippen LogP contribution in [0.25, 0.3) is 0 Å². The summed E-state index contributed by atoms with van der Waals surface area (Å²) in [5.41, 5.74) is 0.157. The molecule has 0 aliphatic heterocycles. The van der Waals surface area contributed by atoms with Crippen molar-refractivity contribution in [1.82, 2.24) is 5.16 Å². The predicted molar refractivity (Wildman–Crippen MR) is 91.1 cm³/mol. The Bertz CT molecular complexity index is 702. The van der Waals surface area contributed by atoms with E-state index in [-0.39, 0.29) is 16.7 Å². The van der Waals surface area contributed by atoms with Crippen LogP contribution in [-0.4, -0.2) is 28.0 Å². The molecule has 1 N–H and O–H groups in total. The summed E-state index contributed by atoms with van der Waals surface area (Å²) in [4.78, 5) is 24.9. The second kappa shape index (κ2) is 5.73. The number of alkyl halides is 1. The van der Waals surface area contributed by atoms with E-state index in [2.05, 4.69) is 10.5 Å². The summed E-state index contributed by atoms with van der Waals surface area (Å²) in [6, 6.07) is 1.61. The molecule has 1 amide bonds. The monoisotopic (exact) mass is 366 g/mol. The Balaban J connectivity index is 1.42. The molecular weight excluding hydrogens is 344 g/mol. The number of amides is 1. The lowest BCUT2D eigenvalue weighted by molar-refractivity contribution is -0.176. The van der Waals surface area contributed by atoms with E-state index < -0.39 is 17.4 Å². The molecule has 0 spiro atoms. The minimum Gasteiger partial charge on any atom is -0.452 e. The van der Waals surface area contributed by atoms with Gasteiger partial charge < -0.3 is 9.26 Å². The van der Waals surface area contributed by atoms with Crippen LogP contribution >= 0.6 is 11.6 Å². The van der Waals surface area contributed by atoms with Gasteiger partial charge in [0.05, 0.1) is 11.1 Å². The average molecular weight is 367 g/mol. The Morgan fingerprint density at radius 3 is 2.60 bits per heavy atom. The predicted octanol–water partition coefficient (Wildman–Crippen LogP) is 3.43. The van der Waals surface area contributed by atoms with Crippen molar-refractivity contribution in [3.05, 3.63) is 11.8 Å². The van der Waals surface area contributed by atoms with E-state index >= 15 is 0 Å². The van der Waals surface area contributed by atoms with Crippen molar-refractivity contribution in [1.29, 1.82) is 0 Å². The summed E-state index contributed by atoms with van der Waals surface area (Å²) in [5, 5.41) is 6.29. The molecule has 4 saturated carbocycles. The molecule has 7 heteroatoms. The van der Waals surface area contributed by atoms with Gasteiger partial charge >= 0.3 is 5.97 Å². The lowest BCUT2D eigenvalue weighted by Crippen LogP contribution is -2.57. The van der Waals surface area contributed by atoms with Crippen LogP contribution in [0, 0.1) is 24.2 Å². The van der Waals surface area contributed by atoms with Gasteiger partial charge in [0.25, 0.3) is 5.91 Å². The normalized spacial score (nSPS) is 36.9. The number of halogens is 1. The van der Waals surface area contributed by atoms with Gasteiger partial charge in [-0.25, -0.2) is 0 Å². The van der Waals surface area contributed by atoms with Crippen molar-refractivity contribution in [2.24, 2.45) is 17.3 Å². The fourth-order valence-corrected chi connectivity index (χ4v) is 6.07. The van der Waals surface area contributed by atoms with Gasteiger partial charge in [-0.3, -0.25) is 14.9 Å². The highest BCUT2D eigenvalue weighted by molar-refractivity contribution is 6.24. The first-order valence-corrected chi connectivity index (χ1v) is 9.29. The maximum atomic E-state index is 12.9. The molecule has 4 bridgehead atoms. The topological polar surface area (TPSA) is 81.4 Å². The first-order chi connectivity index (χ1) is 11.8. The molecule has 6 nitrogen and oxygen atoms in total. The Kier molecular flexibility index (Phi) is 3.87. The summed E-state index contributed by atoms with van der Waals surface area (Å²) in [6.45, 7) is 3.34. The first-order valence-electron chi connectivity index (χ1n) is 8.91. The summed E-state index contributed by atoms with van der Waals surface area (Å²) in [6.07, 6.45) is 4.63. The molecule has 0 radical (unpaired) electrons. The molecule has 3 atom stereocenters. The molecule has 5 rings (SSSR count). The van der Waals surface area contributed by atoms with Crippen LogP contribution in [0.3, 0.4) is 0 Å². The number of nitrogens with one attached hydrogen (secondary N) is 1. The quantitative estimate of drug-likeness (QED) is 0.652. The second-order valence-corrected chi connectivity index (χ2v) is 9.06. The Hall–Kier alpha value is -1.56. The zero-order valence-electron chi connectivity index (χ0n) is 14.5. The van der Waals surface area contributed by atoms with Crippen LogP contribution < -0.4 is 5.32 Å². The van der Waals surface area contributed by atoms with Crippen LogP contribution in [0.4, 0.5) is 5.88 Å². The van der Waals surface area contributed by atoms with Gasteiger partial charge in [-0.2, -0.15) is 0 Å². The van der Waals surface area contributed by atoms with Gasteiger partial charge in [0.2, 0.25) is 5.88 Å². The molecule has 136 valence electrons. The Labute approximate surface area is 151 Å². The number of aromatic nitrogens is 1. The van der Waals surface area contributed by atoms with E-state index in [9.17, 15) is 9.59 Å². The second-order valence-electron chi connectivity index (χ2n) is 8.26. The van der Waals surface area contributed by atoms with Gasteiger partial charge in [-0.15, -0.1) is 11.6 Å². The van der Waals surface area contributed by atoms with Gasteiger partial charge in [0.1, 0.15) is 0 Å². The number of carbonyl (C=O) groups is 2. The van der Waals surface area contributed by atoms with Gasteiger partial charge in [0, 0.05) is 10.9 Å².